The van der Waals surface area contributed by atoms with Gasteiger partial charge in [-0.15, -0.1) is 5.10 Å². The van der Waals surface area contributed by atoms with E-state index in [-0.39, 0.29) is 0 Å². The molecule has 0 bridgehead atoms. The van der Waals surface area contributed by atoms with Gasteiger partial charge in [0.05, 0.1) is 0 Å². The minimum atomic E-state index is 0.329. The van der Waals surface area contributed by atoms with Crippen LogP contribution in [0.3, 0.4) is 0 Å². The number of benzene rings is 2. The Labute approximate surface area is 195 Å². The van der Waals surface area contributed by atoms with Crippen molar-refractivity contribution in [3.63, 3.8) is 0 Å². The Morgan fingerprint density at radius 2 is 1.45 bits per heavy atom. The predicted molar refractivity (Wildman–Crippen MR) is 129 cm³/mol. The first kappa shape index (κ1) is 21.7. The van der Waals surface area contributed by atoms with Crippen LogP contribution in [0.4, 0.5) is 6.01 Å². The SMILES string of the molecule is O=C(CC1CCN(c2nnc(-c3ccccc3)o2)CC1)N1CCC(Cc2ccccc2)CC1. The lowest BCUT2D eigenvalue weighted by molar-refractivity contribution is -0.133. The molecule has 2 aliphatic heterocycles. The minimum Gasteiger partial charge on any atom is -0.403 e. The van der Waals surface area contributed by atoms with Crippen molar-refractivity contribution >= 4 is 11.9 Å². The molecule has 0 N–H and O–H groups in total. The summed E-state index contributed by atoms with van der Waals surface area (Å²) >= 11 is 0. The Bertz CT molecular complexity index is 1020. The van der Waals surface area contributed by atoms with Gasteiger partial charge in [0.1, 0.15) is 0 Å². The number of amides is 1. The fraction of sp³-hybridized carbons (Fsp3) is 0.444. The zero-order valence-corrected chi connectivity index (χ0v) is 19.1. The molecule has 3 heterocycles. The number of aromatic nitrogens is 2. The van der Waals surface area contributed by atoms with Crippen LogP contribution in [0, 0.1) is 11.8 Å². The molecule has 1 amide bonds. The van der Waals surface area contributed by atoms with Crippen molar-refractivity contribution < 1.29 is 9.21 Å². The number of rotatable bonds is 6. The average molecular weight is 445 g/mol. The molecule has 33 heavy (non-hydrogen) atoms. The third-order valence-corrected chi connectivity index (χ3v) is 7.12. The Hall–Kier alpha value is -3.15. The van der Waals surface area contributed by atoms with Gasteiger partial charge in [-0.2, -0.15) is 0 Å². The van der Waals surface area contributed by atoms with Crippen molar-refractivity contribution in [2.45, 2.75) is 38.5 Å². The third kappa shape index (κ3) is 5.44. The fourth-order valence-corrected chi connectivity index (χ4v) is 5.08. The molecule has 0 aliphatic carbocycles. The van der Waals surface area contributed by atoms with Gasteiger partial charge in [-0.3, -0.25) is 4.79 Å². The van der Waals surface area contributed by atoms with Crippen molar-refractivity contribution in [3.8, 4) is 11.5 Å². The first-order valence-electron chi connectivity index (χ1n) is 12.2. The Kier molecular flexibility index (Phi) is 6.70. The lowest BCUT2D eigenvalue weighted by Crippen LogP contribution is -2.41. The molecular weight excluding hydrogens is 412 g/mol. The van der Waals surface area contributed by atoms with Gasteiger partial charge in [-0.25, -0.2) is 0 Å². The van der Waals surface area contributed by atoms with Gasteiger partial charge in [-0.05, 0) is 61.6 Å². The maximum Gasteiger partial charge on any atom is 0.318 e. The van der Waals surface area contributed by atoms with E-state index in [1.807, 2.05) is 30.3 Å². The normalized spacial score (nSPS) is 17.9. The molecule has 2 aliphatic rings. The van der Waals surface area contributed by atoms with E-state index in [2.05, 4.69) is 50.3 Å². The van der Waals surface area contributed by atoms with E-state index < -0.39 is 0 Å². The summed E-state index contributed by atoms with van der Waals surface area (Å²) in [5.74, 6) is 2.01. The summed E-state index contributed by atoms with van der Waals surface area (Å²) in [4.78, 5) is 17.2. The molecular formula is C27H32N4O2. The lowest BCUT2D eigenvalue weighted by Gasteiger charge is -2.35. The maximum absolute atomic E-state index is 12.9. The molecule has 6 heteroatoms. The number of nitrogens with zero attached hydrogens (tertiary/aromatic N) is 4. The average Bonchev–Trinajstić information content (AvgIpc) is 3.37. The quantitative estimate of drug-likeness (QED) is 0.545. The topological polar surface area (TPSA) is 62.5 Å². The monoisotopic (exact) mass is 444 g/mol. The third-order valence-electron chi connectivity index (χ3n) is 7.12. The zero-order chi connectivity index (χ0) is 22.5. The molecule has 0 spiro atoms. The van der Waals surface area contributed by atoms with Gasteiger partial charge >= 0.3 is 6.01 Å². The van der Waals surface area contributed by atoms with Crippen LogP contribution in [0.15, 0.2) is 65.1 Å². The molecule has 0 unspecified atom stereocenters. The molecule has 3 aromatic rings. The molecule has 2 fully saturated rings. The molecule has 2 saturated heterocycles. The van der Waals surface area contributed by atoms with E-state index >= 15 is 0 Å². The molecule has 5 rings (SSSR count). The highest BCUT2D eigenvalue weighted by Gasteiger charge is 2.28. The van der Waals surface area contributed by atoms with Crippen molar-refractivity contribution in [3.05, 3.63) is 66.2 Å². The van der Waals surface area contributed by atoms with Crippen molar-refractivity contribution in [2.24, 2.45) is 11.8 Å². The number of likely N-dealkylation sites (tertiary alicyclic amines) is 1. The van der Waals surface area contributed by atoms with Gasteiger partial charge in [0.25, 0.3) is 0 Å². The standard InChI is InChI=1S/C27H32N4O2/c32-25(30-15-11-22(12-16-30)19-21-7-3-1-4-8-21)20-23-13-17-31(18-14-23)27-29-28-26(33-27)24-9-5-2-6-10-24/h1-10,22-23H,11-20H2. The summed E-state index contributed by atoms with van der Waals surface area (Å²) in [5, 5.41) is 8.45. The highest BCUT2D eigenvalue weighted by Crippen LogP contribution is 2.28. The summed E-state index contributed by atoms with van der Waals surface area (Å²) in [6, 6.07) is 21.1. The second-order valence-corrected chi connectivity index (χ2v) is 9.40. The van der Waals surface area contributed by atoms with Crippen LogP contribution in [0.5, 0.6) is 0 Å². The second-order valence-electron chi connectivity index (χ2n) is 9.40. The van der Waals surface area contributed by atoms with E-state index in [4.69, 9.17) is 4.42 Å². The van der Waals surface area contributed by atoms with Gasteiger partial charge in [0.15, 0.2) is 0 Å². The summed E-state index contributed by atoms with van der Waals surface area (Å²) < 4.78 is 5.90. The van der Waals surface area contributed by atoms with Crippen molar-refractivity contribution in [1.82, 2.24) is 15.1 Å². The zero-order valence-electron chi connectivity index (χ0n) is 19.1. The van der Waals surface area contributed by atoms with E-state index in [0.29, 0.717) is 36.1 Å². The lowest BCUT2D eigenvalue weighted by atomic mass is 9.89. The number of hydrogen-bond donors (Lipinski definition) is 0. The molecule has 0 atom stereocenters. The smallest absolute Gasteiger partial charge is 0.318 e. The van der Waals surface area contributed by atoms with Gasteiger partial charge < -0.3 is 14.2 Å². The number of anilines is 1. The second kappa shape index (κ2) is 10.2. The molecule has 0 saturated carbocycles. The predicted octanol–water partition coefficient (Wildman–Crippen LogP) is 4.82. The number of hydrogen-bond acceptors (Lipinski definition) is 5. The Morgan fingerprint density at radius 3 is 2.15 bits per heavy atom. The number of carbonyl (C=O) groups is 1. The fourth-order valence-electron chi connectivity index (χ4n) is 5.08. The van der Waals surface area contributed by atoms with Crippen LogP contribution in [0.25, 0.3) is 11.5 Å². The van der Waals surface area contributed by atoms with Crippen molar-refractivity contribution in [2.75, 3.05) is 31.1 Å². The van der Waals surface area contributed by atoms with Crippen LogP contribution in [-0.2, 0) is 11.2 Å². The highest BCUT2D eigenvalue weighted by molar-refractivity contribution is 5.76. The number of carbonyl (C=O) groups excluding carboxylic acids is 1. The van der Waals surface area contributed by atoms with Crippen LogP contribution < -0.4 is 4.90 Å². The minimum absolute atomic E-state index is 0.329. The Balaban J connectivity index is 1.06. The summed E-state index contributed by atoms with van der Waals surface area (Å²) in [5.41, 5.74) is 2.34. The van der Waals surface area contributed by atoms with Crippen LogP contribution in [0.1, 0.15) is 37.7 Å². The molecule has 6 nitrogen and oxygen atoms in total. The highest BCUT2D eigenvalue weighted by atomic mass is 16.4. The number of piperidine rings is 2. The van der Waals surface area contributed by atoms with Crippen LogP contribution in [0.2, 0.25) is 0 Å². The van der Waals surface area contributed by atoms with E-state index in [0.717, 1.165) is 63.8 Å². The summed E-state index contributed by atoms with van der Waals surface area (Å²) in [6.45, 7) is 3.51. The Morgan fingerprint density at radius 1 is 0.818 bits per heavy atom. The summed E-state index contributed by atoms with van der Waals surface area (Å²) in [6.07, 6.45) is 5.98. The first-order chi connectivity index (χ1) is 16.2. The van der Waals surface area contributed by atoms with Gasteiger partial charge in [0.2, 0.25) is 11.8 Å². The molecule has 0 radical (unpaired) electrons. The van der Waals surface area contributed by atoms with E-state index in [1.165, 1.54) is 5.56 Å². The maximum atomic E-state index is 12.9. The van der Waals surface area contributed by atoms with Crippen LogP contribution >= 0.6 is 0 Å². The van der Waals surface area contributed by atoms with Crippen molar-refractivity contribution in [1.29, 1.82) is 0 Å². The van der Waals surface area contributed by atoms with Gasteiger partial charge in [-0.1, -0.05) is 53.6 Å². The molecule has 1 aromatic heterocycles. The van der Waals surface area contributed by atoms with Gasteiger partial charge in [0, 0.05) is 38.2 Å². The van der Waals surface area contributed by atoms with Crippen LogP contribution in [-0.4, -0.2) is 47.2 Å². The molecule has 172 valence electrons. The van der Waals surface area contributed by atoms with E-state index in [1.54, 1.807) is 0 Å². The summed E-state index contributed by atoms with van der Waals surface area (Å²) in [7, 11) is 0. The first-order valence-corrected chi connectivity index (χ1v) is 12.2. The molecule has 2 aromatic carbocycles. The van der Waals surface area contributed by atoms with E-state index in [9.17, 15) is 4.79 Å². The largest absolute Gasteiger partial charge is 0.403 e.